The maximum atomic E-state index is 13.2. The highest BCUT2D eigenvalue weighted by molar-refractivity contribution is 6.30. The molecule has 1 amide bonds. The highest BCUT2D eigenvalue weighted by Gasteiger charge is 2.45. The number of aryl methyl sites for hydroxylation is 1. The molecule has 1 saturated carbocycles. The van der Waals surface area contributed by atoms with Crippen LogP contribution < -0.4 is 16.8 Å². The Hall–Kier alpha value is -3.11. The summed E-state index contributed by atoms with van der Waals surface area (Å²) in [7, 11) is 0. The lowest BCUT2D eigenvalue weighted by Gasteiger charge is -2.35. The van der Waals surface area contributed by atoms with Crippen LogP contribution in [0.4, 0.5) is 14.7 Å². The van der Waals surface area contributed by atoms with Gasteiger partial charge in [0.05, 0.1) is 5.92 Å². The number of carbonyl (C=O) groups excluding carboxylic acids is 1. The Bertz CT molecular complexity index is 1160. The minimum atomic E-state index is -2.66. The number of hydrogen-bond acceptors (Lipinski definition) is 6. The molecule has 11 heteroatoms. The molecule has 32 heavy (non-hydrogen) atoms. The molecular formula is C21H22ClF2N7O. The van der Waals surface area contributed by atoms with Crippen LogP contribution in [0.1, 0.15) is 46.2 Å². The molecule has 0 bridgehead atoms. The van der Waals surface area contributed by atoms with Crippen LogP contribution >= 0.6 is 11.6 Å². The molecule has 0 aliphatic heterocycles. The molecule has 168 valence electrons. The number of alkyl halides is 2. The summed E-state index contributed by atoms with van der Waals surface area (Å²) in [6.07, 6.45) is 2.52. The fraction of sp³-hybridized carbons (Fsp3) is 0.333. The first-order chi connectivity index (χ1) is 15.2. The number of primary amides is 1. The molecule has 2 heterocycles. The van der Waals surface area contributed by atoms with Crippen molar-refractivity contribution in [3.05, 3.63) is 64.3 Å². The van der Waals surface area contributed by atoms with Crippen LogP contribution in [0, 0.1) is 6.92 Å². The topological polar surface area (TPSA) is 125 Å². The quantitative estimate of drug-likeness (QED) is 0.496. The number of imidazole rings is 1. The number of halogens is 3. The fourth-order valence-electron chi connectivity index (χ4n) is 3.73. The Labute approximate surface area is 188 Å². The second-order valence-electron chi connectivity index (χ2n) is 7.87. The summed E-state index contributed by atoms with van der Waals surface area (Å²) in [5, 5.41) is 3.47. The maximum absolute atomic E-state index is 13.2. The van der Waals surface area contributed by atoms with E-state index in [1.807, 2.05) is 6.07 Å². The van der Waals surface area contributed by atoms with Gasteiger partial charge in [0.2, 0.25) is 5.95 Å². The predicted octanol–water partition coefficient (Wildman–Crippen LogP) is 3.02. The van der Waals surface area contributed by atoms with Gasteiger partial charge in [0.15, 0.2) is 0 Å². The van der Waals surface area contributed by atoms with Crippen LogP contribution in [-0.2, 0) is 0 Å². The number of nitrogens with zero attached hydrogens (tertiary/aromatic N) is 4. The molecule has 2 aromatic heterocycles. The third kappa shape index (κ3) is 4.42. The summed E-state index contributed by atoms with van der Waals surface area (Å²) >= 11 is 6.16. The van der Waals surface area contributed by atoms with Crippen LogP contribution in [0.2, 0.25) is 5.02 Å². The molecule has 1 aromatic carbocycles. The second kappa shape index (κ2) is 8.44. The molecule has 0 spiro atoms. The number of aromatic nitrogens is 4. The van der Waals surface area contributed by atoms with Gasteiger partial charge >= 0.3 is 0 Å². The van der Waals surface area contributed by atoms with Crippen LogP contribution in [0.3, 0.4) is 0 Å². The van der Waals surface area contributed by atoms with Crippen LogP contribution in [0.5, 0.6) is 0 Å². The van der Waals surface area contributed by atoms with Crippen LogP contribution in [-0.4, -0.2) is 43.9 Å². The van der Waals surface area contributed by atoms with Crippen LogP contribution in [0.25, 0.3) is 5.82 Å². The normalized spacial score (nSPS) is 16.4. The van der Waals surface area contributed by atoms with Crippen molar-refractivity contribution in [1.82, 2.24) is 19.5 Å². The third-order valence-corrected chi connectivity index (χ3v) is 5.62. The van der Waals surface area contributed by atoms with Crippen molar-refractivity contribution in [1.29, 1.82) is 0 Å². The average molecular weight is 462 g/mol. The minimum absolute atomic E-state index is 0.0478. The third-order valence-electron chi connectivity index (χ3n) is 5.38. The van der Waals surface area contributed by atoms with E-state index >= 15 is 0 Å². The highest BCUT2D eigenvalue weighted by atomic mass is 35.5. The number of carbonyl (C=O) groups is 1. The number of nitrogens with one attached hydrogen (secondary N) is 1. The Morgan fingerprint density at radius 1 is 1.38 bits per heavy atom. The number of benzene rings is 1. The number of hydrogen-bond donors (Lipinski definition) is 3. The standard InChI is InChI=1S/C21H22ClF2N7O/c1-11-9-27-20(28-14-6-21(23,24)7-14)30-18(11)31-10-16(17(26)32)29-19(31)15(8-25)12-3-2-4-13(22)5-12/h2-5,9-10,14-15H,6-8,25H2,1H3,(H2,26,32)(H,27,28,30). The lowest BCUT2D eigenvalue weighted by molar-refractivity contribution is -0.0794. The van der Waals surface area contributed by atoms with E-state index < -0.39 is 23.8 Å². The van der Waals surface area contributed by atoms with Crippen molar-refractivity contribution >= 4 is 23.5 Å². The minimum Gasteiger partial charge on any atom is -0.364 e. The molecule has 0 saturated heterocycles. The van der Waals surface area contributed by atoms with E-state index in [1.54, 1.807) is 35.9 Å². The molecule has 1 aliphatic carbocycles. The van der Waals surface area contributed by atoms with Gasteiger partial charge < -0.3 is 16.8 Å². The van der Waals surface area contributed by atoms with Crippen LogP contribution in [0.15, 0.2) is 36.7 Å². The van der Waals surface area contributed by atoms with Gasteiger partial charge in [-0.15, -0.1) is 0 Å². The summed E-state index contributed by atoms with van der Waals surface area (Å²) in [5.74, 6) is -2.68. The molecule has 8 nitrogen and oxygen atoms in total. The Balaban J connectivity index is 1.76. The Kier molecular flexibility index (Phi) is 5.83. The Morgan fingerprint density at radius 3 is 2.75 bits per heavy atom. The van der Waals surface area contributed by atoms with Gasteiger partial charge in [0.1, 0.15) is 17.3 Å². The summed E-state index contributed by atoms with van der Waals surface area (Å²) in [6, 6.07) is 6.78. The van der Waals surface area contributed by atoms with Crippen molar-refractivity contribution in [2.45, 2.75) is 37.6 Å². The first kappa shape index (κ1) is 22.1. The SMILES string of the molecule is Cc1cnc(NC2CC(F)(F)C2)nc1-n1cc(C(N)=O)nc1C(CN)c1cccc(Cl)c1. The summed E-state index contributed by atoms with van der Waals surface area (Å²) in [4.78, 5) is 25.0. The summed E-state index contributed by atoms with van der Waals surface area (Å²) in [5.41, 5.74) is 13.1. The summed E-state index contributed by atoms with van der Waals surface area (Å²) in [6.45, 7) is 1.98. The van der Waals surface area contributed by atoms with Gasteiger partial charge in [-0.3, -0.25) is 9.36 Å². The average Bonchev–Trinajstić information content (AvgIpc) is 3.14. The second-order valence-corrected chi connectivity index (χ2v) is 8.30. The first-order valence-electron chi connectivity index (χ1n) is 10.00. The van der Waals surface area contributed by atoms with Crippen molar-refractivity contribution in [3.8, 4) is 5.82 Å². The summed E-state index contributed by atoms with van der Waals surface area (Å²) < 4.78 is 28.0. The van der Waals surface area contributed by atoms with E-state index in [2.05, 4.69) is 20.3 Å². The van der Waals surface area contributed by atoms with E-state index in [0.717, 1.165) is 5.56 Å². The zero-order chi connectivity index (χ0) is 23.0. The predicted molar refractivity (Wildman–Crippen MR) is 116 cm³/mol. The molecule has 3 aromatic rings. The van der Waals surface area contributed by atoms with E-state index in [0.29, 0.717) is 22.2 Å². The number of amides is 1. The van der Waals surface area contributed by atoms with Gasteiger partial charge in [0, 0.05) is 48.4 Å². The molecule has 1 atom stereocenters. The largest absolute Gasteiger partial charge is 0.364 e. The monoisotopic (exact) mass is 461 g/mol. The van der Waals surface area contributed by atoms with Crippen molar-refractivity contribution in [2.24, 2.45) is 11.5 Å². The number of rotatable bonds is 7. The smallest absolute Gasteiger partial charge is 0.268 e. The van der Waals surface area contributed by atoms with E-state index in [9.17, 15) is 13.6 Å². The molecule has 1 fully saturated rings. The molecule has 4 rings (SSSR count). The van der Waals surface area contributed by atoms with Gasteiger partial charge in [-0.25, -0.2) is 18.7 Å². The lowest BCUT2D eigenvalue weighted by Crippen LogP contribution is -2.44. The molecule has 0 radical (unpaired) electrons. The molecule has 1 aliphatic rings. The highest BCUT2D eigenvalue weighted by Crippen LogP contribution is 2.38. The molecule has 5 N–H and O–H groups in total. The molecule has 1 unspecified atom stereocenters. The van der Waals surface area contributed by atoms with E-state index in [1.165, 1.54) is 6.20 Å². The molecular weight excluding hydrogens is 440 g/mol. The van der Waals surface area contributed by atoms with Crippen molar-refractivity contribution in [3.63, 3.8) is 0 Å². The van der Waals surface area contributed by atoms with Gasteiger partial charge in [-0.05, 0) is 24.6 Å². The van der Waals surface area contributed by atoms with Gasteiger partial charge in [-0.2, -0.15) is 4.98 Å². The zero-order valence-electron chi connectivity index (χ0n) is 17.2. The maximum Gasteiger partial charge on any atom is 0.268 e. The lowest BCUT2D eigenvalue weighted by atomic mass is 9.88. The fourth-order valence-corrected chi connectivity index (χ4v) is 3.93. The van der Waals surface area contributed by atoms with Gasteiger partial charge in [-0.1, -0.05) is 23.7 Å². The number of anilines is 1. The number of nitrogens with two attached hydrogens (primary N) is 2. The van der Waals surface area contributed by atoms with E-state index in [-0.39, 0.29) is 31.0 Å². The van der Waals surface area contributed by atoms with Gasteiger partial charge in [0.25, 0.3) is 11.8 Å². The Morgan fingerprint density at radius 2 is 2.12 bits per heavy atom. The zero-order valence-corrected chi connectivity index (χ0v) is 18.0. The van der Waals surface area contributed by atoms with Crippen molar-refractivity contribution in [2.75, 3.05) is 11.9 Å². The van der Waals surface area contributed by atoms with Crippen molar-refractivity contribution < 1.29 is 13.6 Å². The first-order valence-corrected chi connectivity index (χ1v) is 10.4. The van der Waals surface area contributed by atoms with E-state index in [4.69, 9.17) is 23.1 Å².